The number of hydrogen-bond donors (Lipinski definition) is 0. The SMILES string of the molecule is Cn1cc(-c2nc(C(=O)N3CCN(C(=O)C45CC6CC(CC(C6)C4)C5)CC3)cs2)cn1. The fraction of sp³-hybridized carbons (Fsp3) is 0.652. The minimum atomic E-state index is -0.0888. The molecule has 4 aliphatic carbocycles. The Bertz CT molecular complexity index is 984. The number of carbonyl (C=O) groups excluding carboxylic acids is 2. The van der Waals surface area contributed by atoms with Gasteiger partial charge in [0.05, 0.1) is 11.6 Å². The molecule has 5 fully saturated rings. The molecule has 7 nitrogen and oxygen atoms in total. The van der Waals surface area contributed by atoms with Crippen molar-refractivity contribution < 1.29 is 9.59 Å². The lowest BCUT2D eigenvalue weighted by atomic mass is 9.49. The predicted octanol–water partition coefficient (Wildman–Crippen LogP) is 3.04. The molecule has 4 bridgehead atoms. The summed E-state index contributed by atoms with van der Waals surface area (Å²) in [6, 6.07) is 0. The highest BCUT2D eigenvalue weighted by atomic mass is 32.1. The summed E-state index contributed by atoms with van der Waals surface area (Å²) in [5.74, 6) is 2.67. The van der Waals surface area contributed by atoms with E-state index in [1.807, 2.05) is 23.5 Å². The Morgan fingerprint density at radius 1 is 1.00 bits per heavy atom. The molecule has 0 unspecified atom stereocenters. The van der Waals surface area contributed by atoms with Crippen LogP contribution in [-0.2, 0) is 11.8 Å². The number of nitrogens with zero attached hydrogens (tertiary/aromatic N) is 5. The standard InChI is InChI=1S/C23H29N5O2S/c1-26-13-18(12-24-26)20-25-19(14-31-20)21(29)27-2-4-28(5-3-27)22(30)23-9-15-6-16(10-23)8-17(7-15)11-23/h12-17H,2-11H2,1H3. The van der Waals surface area contributed by atoms with Crippen LogP contribution in [-0.4, -0.2) is 62.6 Å². The van der Waals surface area contributed by atoms with Gasteiger partial charge in [0.15, 0.2) is 0 Å². The molecule has 0 aromatic carbocycles. The van der Waals surface area contributed by atoms with Gasteiger partial charge in [0.2, 0.25) is 5.91 Å². The van der Waals surface area contributed by atoms with Crippen LogP contribution in [0.25, 0.3) is 10.6 Å². The molecule has 1 saturated heterocycles. The number of amides is 2. The first-order valence-corrected chi connectivity index (χ1v) is 12.4. The van der Waals surface area contributed by atoms with E-state index in [0.717, 1.165) is 47.6 Å². The van der Waals surface area contributed by atoms with Crippen molar-refractivity contribution in [1.82, 2.24) is 24.6 Å². The van der Waals surface area contributed by atoms with Gasteiger partial charge in [0.25, 0.3) is 5.91 Å². The van der Waals surface area contributed by atoms with Gasteiger partial charge in [-0.05, 0) is 56.3 Å². The van der Waals surface area contributed by atoms with Gasteiger partial charge < -0.3 is 9.80 Å². The average molecular weight is 440 g/mol. The van der Waals surface area contributed by atoms with Crippen LogP contribution in [0, 0.1) is 23.2 Å². The molecule has 164 valence electrons. The second-order valence-electron chi connectivity index (χ2n) is 10.2. The lowest BCUT2D eigenvalue weighted by Crippen LogP contribution is -2.58. The number of rotatable bonds is 3. The summed E-state index contributed by atoms with van der Waals surface area (Å²) >= 11 is 1.47. The molecule has 2 aromatic rings. The molecular weight excluding hydrogens is 410 g/mol. The smallest absolute Gasteiger partial charge is 0.273 e. The monoisotopic (exact) mass is 439 g/mol. The Labute approximate surface area is 186 Å². The Morgan fingerprint density at radius 3 is 2.19 bits per heavy atom. The largest absolute Gasteiger partial charge is 0.339 e. The number of thiazole rings is 1. The normalized spacial score (nSPS) is 32.0. The average Bonchev–Trinajstić information content (AvgIpc) is 3.41. The molecule has 0 atom stereocenters. The van der Waals surface area contributed by atoms with Gasteiger partial charge in [-0.25, -0.2) is 4.98 Å². The Morgan fingerprint density at radius 2 is 1.61 bits per heavy atom. The van der Waals surface area contributed by atoms with Gasteiger partial charge >= 0.3 is 0 Å². The van der Waals surface area contributed by atoms with Crippen LogP contribution in [0.4, 0.5) is 0 Å². The second kappa shape index (κ2) is 7.15. The van der Waals surface area contributed by atoms with E-state index in [9.17, 15) is 9.59 Å². The fourth-order valence-corrected chi connectivity index (χ4v) is 7.79. The third-order valence-corrected chi connectivity index (χ3v) is 8.91. The maximum absolute atomic E-state index is 13.6. The van der Waals surface area contributed by atoms with Crippen molar-refractivity contribution in [1.29, 1.82) is 0 Å². The number of hydrogen-bond acceptors (Lipinski definition) is 5. The molecule has 31 heavy (non-hydrogen) atoms. The predicted molar refractivity (Wildman–Crippen MR) is 117 cm³/mol. The highest BCUT2D eigenvalue weighted by Gasteiger charge is 2.55. The number of piperazine rings is 1. The highest BCUT2D eigenvalue weighted by molar-refractivity contribution is 7.13. The first kappa shape index (κ1) is 19.5. The van der Waals surface area contributed by atoms with Crippen molar-refractivity contribution in [3.8, 4) is 10.6 Å². The van der Waals surface area contributed by atoms with E-state index in [0.29, 0.717) is 37.8 Å². The lowest BCUT2D eigenvalue weighted by Gasteiger charge is -2.57. The minimum absolute atomic E-state index is 0.0340. The molecule has 5 aliphatic rings. The molecule has 0 spiro atoms. The van der Waals surface area contributed by atoms with E-state index >= 15 is 0 Å². The zero-order chi connectivity index (χ0) is 21.2. The lowest BCUT2D eigenvalue weighted by molar-refractivity contribution is -0.159. The maximum Gasteiger partial charge on any atom is 0.273 e. The third kappa shape index (κ3) is 3.30. The van der Waals surface area contributed by atoms with Crippen LogP contribution < -0.4 is 0 Å². The molecule has 0 N–H and O–H groups in total. The summed E-state index contributed by atoms with van der Waals surface area (Å²) in [6.45, 7) is 2.48. The molecule has 3 heterocycles. The van der Waals surface area contributed by atoms with Crippen LogP contribution in [0.2, 0.25) is 0 Å². The Kier molecular flexibility index (Phi) is 4.49. The molecule has 4 saturated carbocycles. The molecule has 2 amide bonds. The Balaban J connectivity index is 1.10. The fourth-order valence-electron chi connectivity index (χ4n) is 7.02. The van der Waals surface area contributed by atoms with E-state index < -0.39 is 0 Å². The van der Waals surface area contributed by atoms with Crippen molar-refractivity contribution in [3.63, 3.8) is 0 Å². The maximum atomic E-state index is 13.6. The first-order chi connectivity index (χ1) is 15.0. The van der Waals surface area contributed by atoms with Gasteiger partial charge in [-0.15, -0.1) is 11.3 Å². The highest BCUT2D eigenvalue weighted by Crippen LogP contribution is 2.60. The molecule has 2 aromatic heterocycles. The van der Waals surface area contributed by atoms with Gasteiger partial charge in [-0.3, -0.25) is 14.3 Å². The van der Waals surface area contributed by atoms with Gasteiger partial charge in [-0.2, -0.15) is 5.10 Å². The van der Waals surface area contributed by atoms with Crippen LogP contribution in [0.3, 0.4) is 0 Å². The minimum Gasteiger partial charge on any atom is -0.339 e. The van der Waals surface area contributed by atoms with Crippen LogP contribution >= 0.6 is 11.3 Å². The molecular formula is C23H29N5O2S. The zero-order valence-corrected chi connectivity index (χ0v) is 18.8. The van der Waals surface area contributed by atoms with E-state index in [4.69, 9.17) is 0 Å². The van der Waals surface area contributed by atoms with Crippen LogP contribution in [0.1, 0.15) is 49.0 Å². The number of aromatic nitrogens is 3. The number of aryl methyl sites for hydroxylation is 1. The summed E-state index contributed by atoms with van der Waals surface area (Å²) in [7, 11) is 1.87. The van der Waals surface area contributed by atoms with E-state index in [1.165, 1.54) is 30.6 Å². The molecule has 7 rings (SSSR count). The zero-order valence-electron chi connectivity index (χ0n) is 18.0. The molecule has 8 heteroatoms. The van der Waals surface area contributed by atoms with Gasteiger partial charge in [0, 0.05) is 50.4 Å². The Hall–Kier alpha value is -2.22. The van der Waals surface area contributed by atoms with E-state index in [-0.39, 0.29) is 11.3 Å². The van der Waals surface area contributed by atoms with Gasteiger partial charge in [-0.1, -0.05) is 0 Å². The summed E-state index contributed by atoms with van der Waals surface area (Å²) in [5.41, 5.74) is 1.33. The summed E-state index contributed by atoms with van der Waals surface area (Å²) in [4.78, 5) is 35.0. The topological polar surface area (TPSA) is 71.3 Å². The third-order valence-electron chi connectivity index (χ3n) is 8.02. The van der Waals surface area contributed by atoms with Crippen molar-refractivity contribution in [3.05, 3.63) is 23.5 Å². The second-order valence-corrected chi connectivity index (χ2v) is 11.1. The van der Waals surface area contributed by atoms with Crippen LogP contribution in [0.5, 0.6) is 0 Å². The summed E-state index contributed by atoms with van der Waals surface area (Å²) in [5, 5.41) is 6.82. The molecule has 0 radical (unpaired) electrons. The summed E-state index contributed by atoms with van der Waals surface area (Å²) in [6.07, 6.45) is 11.0. The van der Waals surface area contributed by atoms with Crippen molar-refractivity contribution >= 4 is 23.2 Å². The quantitative estimate of drug-likeness (QED) is 0.737. The first-order valence-electron chi connectivity index (χ1n) is 11.5. The number of carbonyl (C=O) groups is 2. The van der Waals surface area contributed by atoms with E-state index in [1.54, 1.807) is 10.9 Å². The van der Waals surface area contributed by atoms with Gasteiger partial charge in [0.1, 0.15) is 10.7 Å². The summed E-state index contributed by atoms with van der Waals surface area (Å²) < 4.78 is 1.73. The van der Waals surface area contributed by atoms with E-state index in [2.05, 4.69) is 15.0 Å². The van der Waals surface area contributed by atoms with Crippen LogP contribution in [0.15, 0.2) is 17.8 Å². The van der Waals surface area contributed by atoms with Crippen molar-refractivity contribution in [2.24, 2.45) is 30.2 Å². The molecule has 1 aliphatic heterocycles. The van der Waals surface area contributed by atoms with Crippen molar-refractivity contribution in [2.45, 2.75) is 38.5 Å². The van der Waals surface area contributed by atoms with Crippen molar-refractivity contribution in [2.75, 3.05) is 26.2 Å².